The van der Waals surface area contributed by atoms with Gasteiger partial charge in [0.1, 0.15) is 17.2 Å². The smallest absolute Gasteiger partial charge is 0.496 e. The Balaban J connectivity index is 0.00000450. The predicted octanol–water partition coefficient (Wildman–Crippen LogP) is 2.48. The Labute approximate surface area is 193 Å². The van der Waals surface area contributed by atoms with E-state index in [1.807, 2.05) is 18.2 Å². The summed E-state index contributed by atoms with van der Waals surface area (Å²) in [4.78, 5) is 13.1. The molecule has 2 aromatic carbocycles. The molecule has 0 aliphatic heterocycles. The van der Waals surface area contributed by atoms with Crippen LogP contribution in [0.5, 0.6) is 23.0 Å². The number of carbonyl (C=O) groups excluding carboxylic acids is 1. The first-order chi connectivity index (χ1) is 14.1. The number of methoxy groups -OCH3 is 2. The van der Waals surface area contributed by atoms with Crippen molar-refractivity contribution in [3.05, 3.63) is 42.0 Å². The van der Waals surface area contributed by atoms with Crippen LogP contribution in [0.2, 0.25) is 0 Å². The van der Waals surface area contributed by atoms with Crippen LogP contribution in [0.1, 0.15) is 49.9 Å². The average molecular weight is 424 g/mol. The largest absolute Gasteiger partial charge is 1.00 e. The van der Waals surface area contributed by atoms with Gasteiger partial charge in [0.15, 0.2) is 0 Å². The van der Waals surface area contributed by atoms with E-state index in [2.05, 4.69) is 13.8 Å². The Kier molecular flexibility index (Phi) is 12.6. The molecule has 5 nitrogen and oxygen atoms in total. The zero-order valence-electron chi connectivity index (χ0n) is 18.7. The minimum atomic E-state index is -0.112. The molecule has 0 heterocycles. The molecule has 0 aliphatic carbocycles. The normalized spacial score (nSPS) is 10.5. The van der Waals surface area contributed by atoms with Crippen molar-refractivity contribution >= 4 is 19.4 Å². The first kappa shape index (κ1) is 26.4. The van der Waals surface area contributed by atoms with Gasteiger partial charge in [0.2, 0.25) is 0 Å². The van der Waals surface area contributed by atoms with E-state index >= 15 is 0 Å². The summed E-state index contributed by atoms with van der Waals surface area (Å²) >= 11 is 0. The summed E-state index contributed by atoms with van der Waals surface area (Å²) in [6, 6.07) is 11.0. The van der Waals surface area contributed by atoms with E-state index in [1.165, 1.54) is 0 Å². The fourth-order valence-corrected chi connectivity index (χ4v) is 3.62. The molecule has 0 saturated carbocycles. The number of rotatable bonds is 13. The second-order valence-corrected chi connectivity index (χ2v) is 7.60. The summed E-state index contributed by atoms with van der Waals surface area (Å²) in [5, 5.41) is 0.793. The number of hydrogen-bond acceptors (Lipinski definition) is 5. The van der Waals surface area contributed by atoms with Gasteiger partial charge in [-0.2, -0.15) is 5.30 Å². The van der Waals surface area contributed by atoms with Crippen molar-refractivity contribution in [2.24, 2.45) is 0 Å². The van der Waals surface area contributed by atoms with Crippen LogP contribution in [-0.2, 0) is 0 Å². The fraction of sp³-hybridized carbons (Fsp3) is 0.435. The topological polar surface area (TPSA) is 54.0 Å². The maximum atomic E-state index is 13.1. The standard InChI is InChI=1S/C23H30O5P.Li/c1-5-7-14-27-17-12-13-21(20(16-17)28-15-8-6-2)29-23(24)22-18(25-3)10-9-11-19(22)26-4;/h9-13,16H,5-8,14-15H2,1-4H3;/q-1;+1. The number of carbonyl (C=O) groups is 1. The number of hydrogen-bond donors (Lipinski definition) is 0. The zero-order valence-corrected chi connectivity index (χ0v) is 19.6. The van der Waals surface area contributed by atoms with E-state index in [4.69, 9.17) is 18.9 Å². The maximum absolute atomic E-state index is 13.1. The van der Waals surface area contributed by atoms with Crippen LogP contribution in [0.15, 0.2) is 36.4 Å². The fourth-order valence-electron chi connectivity index (χ4n) is 2.68. The van der Waals surface area contributed by atoms with E-state index in [-0.39, 0.29) is 24.4 Å². The van der Waals surface area contributed by atoms with Crippen molar-refractivity contribution < 1.29 is 42.6 Å². The van der Waals surface area contributed by atoms with Crippen molar-refractivity contribution in [2.45, 2.75) is 39.5 Å². The van der Waals surface area contributed by atoms with Crippen LogP contribution >= 0.6 is 8.58 Å². The predicted molar refractivity (Wildman–Crippen MR) is 118 cm³/mol. The summed E-state index contributed by atoms with van der Waals surface area (Å²) in [6.07, 6.45) is 4.06. The summed E-state index contributed by atoms with van der Waals surface area (Å²) in [5.74, 6) is 2.42. The van der Waals surface area contributed by atoms with Gasteiger partial charge in [-0.1, -0.05) is 38.8 Å². The molecule has 0 atom stereocenters. The molecule has 158 valence electrons. The SMILES string of the molecule is CCCCOc1ccc([P-]C(=O)c2c(OC)cccc2OC)c(OCCCC)c1.[Li+]. The molecule has 0 saturated heterocycles. The quantitative estimate of drug-likeness (QED) is 0.281. The molecule has 0 aromatic heterocycles. The second kappa shape index (κ2) is 14.4. The third kappa shape index (κ3) is 7.55. The Hall–Kier alpha value is -1.66. The Morgan fingerprint density at radius 3 is 2.03 bits per heavy atom. The van der Waals surface area contributed by atoms with E-state index < -0.39 is 0 Å². The van der Waals surface area contributed by atoms with Gasteiger partial charge in [-0.15, -0.1) is 0 Å². The third-order valence-corrected chi connectivity index (χ3v) is 5.35. The molecular formula is C23H30LiO5P. The van der Waals surface area contributed by atoms with Gasteiger partial charge in [-0.25, -0.2) is 0 Å². The molecule has 0 fully saturated rings. The van der Waals surface area contributed by atoms with Gasteiger partial charge < -0.3 is 32.3 Å². The van der Waals surface area contributed by atoms with Crippen LogP contribution < -0.4 is 43.1 Å². The van der Waals surface area contributed by atoms with Crippen molar-refractivity contribution in [2.75, 3.05) is 27.4 Å². The number of ether oxygens (including phenoxy) is 4. The monoisotopic (exact) mass is 424 g/mol. The van der Waals surface area contributed by atoms with Crippen LogP contribution in [0.4, 0.5) is 0 Å². The van der Waals surface area contributed by atoms with Gasteiger partial charge in [0.05, 0.1) is 38.7 Å². The molecule has 0 spiro atoms. The molecule has 0 amide bonds. The molecule has 2 rings (SSSR count). The molecule has 0 aliphatic rings. The van der Waals surface area contributed by atoms with E-state index in [1.54, 1.807) is 32.4 Å². The zero-order chi connectivity index (χ0) is 21.1. The van der Waals surface area contributed by atoms with Crippen molar-refractivity contribution in [1.82, 2.24) is 0 Å². The van der Waals surface area contributed by atoms with Crippen LogP contribution in [0.3, 0.4) is 0 Å². The summed E-state index contributed by atoms with van der Waals surface area (Å²) in [7, 11) is 3.58. The van der Waals surface area contributed by atoms with Gasteiger partial charge in [0.25, 0.3) is 0 Å². The maximum Gasteiger partial charge on any atom is 1.00 e. The van der Waals surface area contributed by atoms with Crippen molar-refractivity contribution in [3.63, 3.8) is 0 Å². The van der Waals surface area contributed by atoms with Crippen LogP contribution in [-0.4, -0.2) is 33.0 Å². The van der Waals surface area contributed by atoms with E-state index in [9.17, 15) is 4.79 Å². The van der Waals surface area contributed by atoms with Crippen LogP contribution in [0.25, 0.3) is 0 Å². The molecule has 7 heteroatoms. The van der Waals surface area contributed by atoms with Gasteiger partial charge in [0, 0.05) is 11.6 Å². The summed E-state index contributed by atoms with van der Waals surface area (Å²) in [5.41, 5.74) is 0.321. The summed E-state index contributed by atoms with van der Waals surface area (Å²) < 4.78 is 22.5. The van der Waals surface area contributed by atoms with Crippen LogP contribution in [0, 0.1) is 0 Å². The first-order valence-corrected chi connectivity index (χ1v) is 10.9. The number of benzene rings is 2. The van der Waals surface area contributed by atoms with Gasteiger partial charge >= 0.3 is 18.9 Å². The average Bonchev–Trinajstić information content (AvgIpc) is 2.74. The third-order valence-electron chi connectivity index (χ3n) is 4.32. The van der Waals surface area contributed by atoms with Crippen molar-refractivity contribution in [1.29, 1.82) is 0 Å². The molecule has 2 aromatic rings. The molecule has 30 heavy (non-hydrogen) atoms. The number of unbranched alkanes of at least 4 members (excludes halogenated alkanes) is 2. The second-order valence-electron chi connectivity index (χ2n) is 6.49. The Morgan fingerprint density at radius 1 is 0.867 bits per heavy atom. The Bertz CT molecular complexity index is 775. The minimum absolute atomic E-state index is 0. The Morgan fingerprint density at radius 2 is 1.47 bits per heavy atom. The van der Waals surface area contributed by atoms with Gasteiger partial charge in [-0.05, 0) is 31.0 Å². The minimum Gasteiger partial charge on any atom is -0.496 e. The molecule has 0 N–H and O–H groups in total. The van der Waals surface area contributed by atoms with Crippen molar-refractivity contribution in [3.8, 4) is 23.0 Å². The molecule has 0 unspecified atom stereocenters. The first-order valence-electron chi connectivity index (χ1n) is 10.0. The molecule has 0 bridgehead atoms. The summed E-state index contributed by atoms with van der Waals surface area (Å²) in [6.45, 7) is 5.51. The van der Waals surface area contributed by atoms with Gasteiger partial charge in [-0.3, -0.25) is 0 Å². The molecular weight excluding hydrogens is 394 g/mol. The van der Waals surface area contributed by atoms with E-state index in [0.29, 0.717) is 44.6 Å². The van der Waals surface area contributed by atoms with E-state index in [0.717, 1.165) is 36.7 Å². The molecule has 0 radical (unpaired) electrons.